The summed E-state index contributed by atoms with van der Waals surface area (Å²) in [5.74, 6) is 0. The Bertz CT molecular complexity index is 749. The van der Waals surface area contributed by atoms with Crippen LogP contribution in [0.15, 0.2) is 30.3 Å². The summed E-state index contributed by atoms with van der Waals surface area (Å²) in [6.45, 7) is 9.94. The van der Waals surface area contributed by atoms with Gasteiger partial charge in [-0.25, -0.2) is 4.79 Å². The van der Waals surface area contributed by atoms with E-state index >= 15 is 0 Å². The number of nitrogens with one attached hydrogen (secondary N) is 2. The summed E-state index contributed by atoms with van der Waals surface area (Å²) >= 11 is 7.53. The van der Waals surface area contributed by atoms with Crippen molar-refractivity contribution in [3.63, 3.8) is 0 Å². The summed E-state index contributed by atoms with van der Waals surface area (Å²) in [5, 5.41) is 7.31. The summed E-state index contributed by atoms with van der Waals surface area (Å²) in [7, 11) is 0. The van der Waals surface area contributed by atoms with Gasteiger partial charge in [0.1, 0.15) is 0 Å². The van der Waals surface area contributed by atoms with Crippen molar-refractivity contribution in [3.05, 3.63) is 45.8 Å². The zero-order valence-corrected chi connectivity index (χ0v) is 16.4. The molecule has 2 N–H and O–H groups in total. The summed E-state index contributed by atoms with van der Waals surface area (Å²) < 4.78 is 0. The third-order valence-electron chi connectivity index (χ3n) is 4.00. The van der Waals surface area contributed by atoms with Crippen LogP contribution in [0.5, 0.6) is 0 Å². The Morgan fingerprint density at radius 2 is 1.96 bits per heavy atom. The van der Waals surface area contributed by atoms with Gasteiger partial charge in [0.2, 0.25) is 0 Å². The molecule has 134 valence electrons. The van der Waals surface area contributed by atoms with Crippen molar-refractivity contribution in [2.24, 2.45) is 5.41 Å². The van der Waals surface area contributed by atoms with Crippen LogP contribution in [0.1, 0.15) is 31.2 Å². The first-order chi connectivity index (χ1) is 11.8. The molecule has 3 rings (SSSR count). The van der Waals surface area contributed by atoms with Crippen molar-refractivity contribution in [2.75, 3.05) is 23.7 Å². The molecule has 6 heteroatoms. The van der Waals surface area contributed by atoms with E-state index in [1.807, 2.05) is 0 Å². The van der Waals surface area contributed by atoms with Crippen LogP contribution in [0.3, 0.4) is 0 Å². The lowest BCUT2D eigenvalue weighted by atomic mass is 9.95. The number of carbonyl (C=O) groups excluding carboxylic acids is 1. The van der Waals surface area contributed by atoms with Crippen LogP contribution in [0, 0.1) is 5.41 Å². The molecule has 0 bridgehead atoms. The summed E-state index contributed by atoms with van der Waals surface area (Å²) in [4.78, 5) is 16.0. The first-order valence-electron chi connectivity index (χ1n) is 8.46. The van der Waals surface area contributed by atoms with Gasteiger partial charge in [0.15, 0.2) is 0 Å². The molecule has 0 saturated carbocycles. The number of halogens is 1. The van der Waals surface area contributed by atoms with Gasteiger partial charge in [-0.2, -0.15) is 0 Å². The van der Waals surface area contributed by atoms with Gasteiger partial charge in [-0.05, 0) is 47.7 Å². The number of carbonyl (C=O) groups is 1. The second-order valence-corrected chi connectivity index (χ2v) is 9.24. The minimum absolute atomic E-state index is 0.229. The highest BCUT2D eigenvalue weighted by atomic mass is 35.5. The van der Waals surface area contributed by atoms with E-state index in [0.29, 0.717) is 10.4 Å². The Balaban J connectivity index is 1.60. The summed E-state index contributed by atoms with van der Waals surface area (Å²) in [5.41, 5.74) is 2.38. The molecule has 0 unspecified atom stereocenters. The molecule has 1 aromatic carbocycles. The first kappa shape index (κ1) is 18.2. The largest absolute Gasteiger partial charge is 0.324 e. The molecule has 2 amide bonds. The van der Waals surface area contributed by atoms with Crippen molar-refractivity contribution in [1.29, 1.82) is 0 Å². The van der Waals surface area contributed by atoms with Gasteiger partial charge in [-0.1, -0.05) is 32.4 Å². The van der Waals surface area contributed by atoms with Gasteiger partial charge in [0.05, 0.1) is 5.00 Å². The number of rotatable bonds is 3. The van der Waals surface area contributed by atoms with Crippen molar-refractivity contribution >= 4 is 39.7 Å². The molecule has 0 radical (unpaired) electrons. The minimum Gasteiger partial charge on any atom is -0.308 e. The number of benzene rings is 1. The van der Waals surface area contributed by atoms with Gasteiger partial charge < -0.3 is 5.32 Å². The predicted octanol–water partition coefficient (Wildman–Crippen LogP) is 5.45. The molecule has 4 nitrogen and oxygen atoms in total. The molecule has 1 aliphatic heterocycles. The highest BCUT2D eigenvalue weighted by Gasteiger charge is 2.23. The summed E-state index contributed by atoms with van der Waals surface area (Å²) in [6, 6.07) is 8.95. The zero-order valence-electron chi connectivity index (χ0n) is 14.9. The normalized spacial score (nSPS) is 14.9. The molecule has 2 aromatic rings. The van der Waals surface area contributed by atoms with E-state index in [0.717, 1.165) is 36.7 Å². The van der Waals surface area contributed by atoms with E-state index < -0.39 is 0 Å². The fraction of sp³-hybridized carbons (Fsp3) is 0.421. The van der Waals surface area contributed by atoms with E-state index in [2.05, 4.69) is 42.4 Å². The third kappa shape index (κ3) is 5.21. The van der Waals surface area contributed by atoms with E-state index in [-0.39, 0.29) is 6.03 Å². The third-order valence-corrected chi connectivity index (χ3v) is 5.33. The fourth-order valence-corrected chi connectivity index (χ4v) is 4.32. The van der Waals surface area contributed by atoms with Crippen LogP contribution in [0.25, 0.3) is 0 Å². The lowest BCUT2D eigenvalue weighted by Gasteiger charge is -2.32. The second-order valence-electron chi connectivity index (χ2n) is 7.67. The standard InChI is InChI=1S/C19H24ClN3OS/c1-19(2,3)12-23-9-8-13-10-17(25-16(13)11-23)22-18(24)21-15-6-4-14(20)5-7-15/h4-7,10H,8-9,11-12H2,1-3H3,(H2,21,22,24). The monoisotopic (exact) mass is 377 g/mol. The molecular formula is C19H24ClN3OS. The average Bonchev–Trinajstić information content (AvgIpc) is 2.89. The van der Waals surface area contributed by atoms with Crippen LogP contribution in [-0.4, -0.2) is 24.0 Å². The highest BCUT2D eigenvalue weighted by Crippen LogP contribution is 2.33. The molecular weight excluding hydrogens is 354 g/mol. The number of thiophene rings is 1. The number of hydrogen-bond acceptors (Lipinski definition) is 3. The van der Waals surface area contributed by atoms with Gasteiger partial charge in [0, 0.05) is 35.2 Å². The number of urea groups is 1. The van der Waals surface area contributed by atoms with Crippen LogP contribution in [0.2, 0.25) is 5.02 Å². The van der Waals surface area contributed by atoms with Crippen molar-refractivity contribution in [3.8, 4) is 0 Å². The number of anilines is 2. The maximum absolute atomic E-state index is 12.2. The predicted molar refractivity (Wildman–Crippen MR) is 107 cm³/mol. The molecule has 0 aliphatic carbocycles. The number of amides is 2. The quantitative estimate of drug-likeness (QED) is 0.746. The van der Waals surface area contributed by atoms with Gasteiger partial charge in [0.25, 0.3) is 0 Å². The van der Waals surface area contributed by atoms with Crippen LogP contribution in [0.4, 0.5) is 15.5 Å². The Hall–Kier alpha value is -1.56. The Kier molecular flexibility index (Phi) is 5.37. The first-order valence-corrected chi connectivity index (χ1v) is 9.65. The Morgan fingerprint density at radius 1 is 1.24 bits per heavy atom. The summed E-state index contributed by atoms with van der Waals surface area (Å²) in [6.07, 6.45) is 1.04. The fourth-order valence-electron chi connectivity index (χ4n) is 3.05. The molecule has 1 aromatic heterocycles. The number of nitrogens with zero attached hydrogens (tertiary/aromatic N) is 1. The lowest BCUT2D eigenvalue weighted by molar-refractivity contribution is 0.179. The highest BCUT2D eigenvalue weighted by molar-refractivity contribution is 7.16. The van der Waals surface area contributed by atoms with Crippen LogP contribution >= 0.6 is 22.9 Å². The Labute approximate surface area is 158 Å². The van der Waals surface area contributed by atoms with E-state index in [4.69, 9.17) is 11.6 Å². The van der Waals surface area contributed by atoms with E-state index in [1.165, 1.54) is 10.4 Å². The average molecular weight is 378 g/mol. The van der Waals surface area contributed by atoms with Crippen molar-refractivity contribution in [2.45, 2.75) is 33.7 Å². The van der Waals surface area contributed by atoms with E-state index in [1.54, 1.807) is 35.6 Å². The lowest BCUT2D eigenvalue weighted by Crippen LogP contribution is -2.36. The number of hydrogen-bond donors (Lipinski definition) is 2. The molecule has 2 heterocycles. The Morgan fingerprint density at radius 3 is 2.64 bits per heavy atom. The maximum Gasteiger partial charge on any atom is 0.324 e. The van der Waals surface area contributed by atoms with Crippen LogP contribution < -0.4 is 10.6 Å². The van der Waals surface area contributed by atoms with Gasteiger partial charge >= 0.3 is 6.03 Å². The van der Waals surface area contributed by atoms with Crippen molar-refractivity contribution in [1.82, 2.24) is 4.90 Å². The van der Waals surface area contributed by atoms with Gasteiger partial charge in [-0.15, -0.1) is 11.3 Å². The SMILES string of the molecule is CC(C)(C)CN1CCc2cc(NC(=O)Nc3ccc(Cl)cc3)sc2C1. The molecule has 0 spiro atoms. The topological polar surface area (TPSA) is 44.4 Å². The minimum atomic E-state index is -0.229. The molecule has 0 atom stereocenters. The second kappa shape index (κ2) is 7.36. The zero-order chi connectivity index (χ0) is 18.0. The molecule has 0 saturated heterocycles. The van der Waals surface area contributed by atoms with Gasteiger partial charge in [-0.3, -0.25) is 10.2 Å². The maximum atomic E-state index is 12.2. The van der Waals surface area contributed by atoms with Crippen molar-refractivity contribution < 1.29 is 4.79 Å². The van der Waals surface area contributed by atoms with Crippen LogP contribution in [-0.2, 0) is 13.0 Å². The smallest absolute Gasteiger partial charge is 0.308 e. The molecule has 0 fully saturated rings. The molecule has 25 heavy (non-hydrogen) atoms. The van der Waals surface area contributed by atoms with E-state index in [9.17, 15) is 4.79 Å². The molecule has 1 aliphatic rings. The number of fused-ring (bicyclic) bond motifs is 1.